The minimum absolute atomic E-state index is 0.0383. The lowest BCUT2D eigenvalue weighted by atomic mass is 10.0. The van der Waals surface area contributed by atoms with Crippen molar-refractivity contribution in [1.82, 2.24) is 25.3 Å². The average molecular weight is 413 g/mol. The number of benzene rings is 1. The molecule has 156 valence electrons. The van der Waals surface area contributed by atoms with Crippen molar-refractivity contribution in [2.24, 2.45) is 0 Å². The molecule has 0 aliphatic carbocycles. The van der Waals surface area contributed by atoms with E-state index in [1.165, 1.54) is 0 Å². The first-order chi connectivity index (χ1) is 14.5. The fourth-order valence-electron chi connectivity index (χ4n) is 4.19. The maximum absolute atomic E-state index is 14.5. The quantitative estimate of drug-likeness (QED) is 0.684. The van der Waals surface area contributed by atoms with Crippen molar-refractivity contribution in [2.75, 3.05) is 0 Å². The number of aromatic nitrogens is 4. The number of ether oxygens (including phenoxy) is 1. The van der Waals surface area contributed by atoms with E-state index in [-0.39, 0.29) is 17.7 Å². The zero-order chi connectivity index (χ0) is 20.8. The summed E-state index contributed by atoms with van der Waals surface area (Å²) in [5, 5.41) is 25.8. The highest BCUT2D eigenvalue weighted by molar-refractivity contribution is 5.68. The smallest absolute Gasteiger partial charge is 0.233 e. The first kappa shape index (κ1) is 18.9. The average Bonchev–Trinajstić information content (AvgIpc) is 3.30. The molecule has 2 aliphatic heterocycles. The van der Waals surface area contributed by atoms with Crippen LogP contribution in [-0.2, 0) is 0 Å². The third-order valence-electron chi connectivity index (χ3n) is 5.70. The van der Waals surface area contributed by atoms with Crippen LogP contribution in [0, 0.1) is 6.92 Å². The van der Waals surface area contributed by atoms with Gasteiger partial charge in [-0.05, 0) is 37.6 Å². The van der Waals surface area contributed by atoms with E-state index in [1.54, 1.807) is 28.9 Å². The second-order valence-corrected chi connectivity index (χ2v) is 7.84. The number of aryl methyl sites for hydroxylation is 1. The summed E-state index contributed by atoms with van der Waals surface area (Å²) >= 11 is 0. The first-order valence-corrected chi connectivity index (χ1v) is 9.88. The maximum Gasteiger partial charge on any atom is 0.233 e. The fourth-order valence-corrected chi connectivity index (χ4v) is 4.19. The molecule has 2 saturated heterocycles. The number of phenolic OH excluding ortho intramolecular Hbond substituents is 1. The van der Waals surface area contributed by atoms with Gasteiger partial charge in [0, 0.05) is 36.4 Å². The number of aromatic hydroxyl groups is 1. The predicted octanol–water partition coefficient (Wildman–Crippen LogP) is 2.90. The van der Waals surface area contributed by atoms with Gasteiger partial charge >= 0.3 is 0 Å². The Hall–Kier alpha value is -3.07. The van der Waals surface area contributed by atoms with Crippen LogP contribution in [0.1, 0.15) is 18.5 Å². The van der Waals surface area contributed by atoms with E-state index in [0.717, 1.165) is 11.4 Å². The molecule has 2 N–H and O–H groups in total. The normalized spacial score (nSPS) is 27.9. The number of rotatable bonds is 4. The molecule has 30 heavy (non-hydrogen) atoms. The second kappa shape index (κ2) is 7.32. The van der Waals surface area contributed by atoms with E-state index >= 15 is 0 Å². The molecular weight excluding hydrogens is 392 g/mol. The molecule has 2 bridgehead atoms. The van der Waals surface area contributed by atoms with Crippen LogP contribution in [0.4, 0.5) is 8.78 Å². The molecule has 7 nitrogen and oxygen atoms in total. The van der Waals surface area contributed by atoms with Crippen molar-refractivity contribution in [3.8, 4) is 28.6 Å². The minimum Gasteiger partial charge on any atom is -0.507 e. The van der Waals surface area contributed by atoms with Crippen LogP contribution in [0.5, 0.6) is 11.6 Å². The third-order valence-corrected chi connectivity index (χ3v) is 5.70. The summed E-state index contributed by atoms with van der Waals surface area (Å²) in [6.07, 6.45) is -0.885. The Morgan fingerprint density at radius 3 is 2.70 bits per heavy atom. The van der Waals surface area contributed by atoms with Crippen LogP contribution in [0.2, 0.25) is 0 Å². The molecule has 5 atom stereocenters. The maximum atomic E-state index is 14.5. The Labute approximate surface area is 171 Å². The Balaban J connectivity index is 1.32. The Bertz CT molecular complexity index is 1060. The Kier molecular flexibility index (Phi) is 4.62. The van der Waals surface area contributed by atoms with E-state index in [0.29, 0.717) is 24.1 Å². The number of phenols is 1. The fraction of sp³-hybridized carbons (Fsp3) is 0.381. The number of nitrogens with zero attached hydrogens (tertiary/aromatic N) is 4. The van der Waals surface area contributed by atoms with Gasteiger partial charge in [-0.15, -0.1) is 10.2 Å². The van der Waals surface area contributed by atoms with Gasteiger partial charge in [-0.2, -0.15) is 5.10 Å². The second-order valence-electron chi connectivity index (χ2n) is 7.84. The number of alkyl halides is 2. The summed E-state index contributed by atoms with van der Waals surface area (Å²) in [5.41, 5.74) is 2.55. The van der Waals surface area contributed by atoms with Crippen molar-refractivity contribution in [3.63, 3.8) is 0 Å². The summed E-state index contributed by atoms with van der Waals surface area (Å²) < 4.78 is 35.7. The molecule has 2 aliphatic rings. The highest BCUT2D eigenvalue weighted by Gasteiger charge is 2.49. The molecule has 3 aromatic rings. The first-order valence-electron chi connectivity index (χ1n) is 9.88. The molecule has 0 spiro atoms. The summed E-state index contributed by atoms with van der Waals surface area (Å²) in [5.74, 6) is 0.211. The summed E-state index contributed by atoms with van der Waals surface area (Å²) in [7, 11) is 0. The molecule has 1 aromatic carbocycles. The highest BCUT2D eigenvalue weighted by atomic mass is 19.1. The minimum atomic E-state index is -1.44. The Morgan fingerprint density at radius 2 is 2.00 bits per heavy atom. The highest BCUT2D eigenvalue weighted by Crippen LogP contribution is 2.34. The Morgan fingerprint density at radius 1 is 1.13 bits per heavy atom. The number of nitrogens with one attached hydrogen (secondary N) is 1. The molecule has 2 fully saturated rings. The van der Waals surface area contributed by atoms with Crippen LogP contribution >= 0.6 is 0 Å². The standard InChI is InChI=1S/C21H21F2N5O2/c1-11-6-7-28(27-11)13-2-3-14(17(29)10-13)16-4-5-19(26-25-16)30-18-9-12-8-15(22)21(24-12)20(18)23/h2-7,10,12,15,18,20-21,24,29H,8-9H2,1H3. The van der Waals surface area contributed by atoms with Gasteiger partial charge in [0.25, 0.3) is 0 Å². The summed E-state index contributed by atoms with van der Waals surface area (Å²) in [6, 6.07) is 9.35. The molecule has 0 saturated carbocycles. The van der Waals surface area contributed by atoms with Gasteiger partial charge in [0.2, 0.25) is 5.88 Å². The number of piperidine rings is 1. The van der Waals surface area contributed by atoms with Gasteiger partial charge in [-0.1, -0.05) is 0 Å². The van der Waals surface area contributed by atoms with Gasteiger partial charge in [0.1, 0.15) is 18.0 Å². The number of halogens is 2. The van der Waals surface area contributed by atoms with E-state index in [9.17, 15) is 13.9 Å². The van der Waals surface area contributed by atoms with Crippen molar-refractivity contribution in [2.45, 2.75) is 50.3 Å². The molecule has 9 heteroatoms. The molecule has 5 unspecified atom stereocenters. The zero-order valence-corrected chi connectivity index (χ0v) is 16.2. The molecule has 2 aromatic heterocycles. The lowest BCUT2D eigenvalue weighted by molar-refractivity contribution is 0.0323. The topological polar surface area (TPSA) is 85.1 Å². The van der Waals surface area contributed by atoms with Gasteiger partial charge in [-0.25, -0.2) is 13.5 Å². The van der Waals surface area contributed by atoms with Crippen LogP contribution in [0.25, 0.3) is 16.9 Å². The molecule has 4 heterocycles. The van der Waals surface area contributed by atoms with Crippen molar-refractivity contribution in [3.05, 3.63) is 48.3 Å². The van der Waals surface area contributed by atoms with Gasteiger partial charge in [0.05, 0.1) is 23.1 Å². The van der Waals surface area contributed by atoms with E-state index in [2.05, 4.69) is 20.6 Å². The number of fused-ring (bicyclic) bond motifs is 2. The van der Waals surface area contributed by atoms with Crippen LogP contribution in [0.3, 0.4) is 0 Å². The van der Waals surface area contributed by atoms with E-state index < -0.39 is 24.5 Å². The largest absolute Gasteiger partial charge is 0.507 e. The van der Waals surface area contributed by atoms with E-state index in [4.69, 9.17) is 4.74 Å². The van der Waals surface area contributed by atoms with Crippen molar-refractivity contribution in [1.29, 1.82) is 0 Å². The van der Waals surface area contributed by atoms with Gasteiger partial charge < -0.3 is 15.2 Å². The van der Waals surface area contributed by atoms with Crippen molar-refractivity contribution < 1.29 is 18.6 Å². The zero-order valence-electron chi connectivity index (χ0n) is 16.2. The molecule has 0 amide bonds. The SMILES string of the molecule is Cc1ccn(-c2ccc(-c3ccc(OC4CC5CC(F)C(N5)C4F)nn3)c(O)c2)n1. The number of hydrogen-bond acceptors (Lipinski definition) is 6. The lowest BCUT2D eigenvalue weighted by Gasteiger charge is -2.32. The van der Waals surface area contributed by atoms with Gasteiger partial charge in [0.15, 0.2) is 6.17 Å². The third kappa shape index (κ3) is 3.39. The molecule has 5 rings (SSSR count). The molecule has 0 radical (unpaired) electrons. The number of hydrogen-bond donors (Lipinski definition) is 2. The summed E-state index contributed by atoms with van der Waals surface area (Å²) in [4.78, 5) is 0. The lowest BCUT2D eigenvalue weighted by Crippen LogP contribution is -2.53. The monoisotopic (exact) mass is 413 g/mol. The van der Waals surface area contributed by atoms with Gasteiger partial charge in [-0.3, -0.25) is 0 Å². The molecular formula is C21H21F2N5O2. The summed E-state index contributed by atoms with van der Waals surface area (Å²) in [6.45, 7) is 1.89. The van der Waals surface area contributed by atoms with Crippen LogP contribution < -0.4 is 10.1 Å². The van der Waals surface area contributed by atoms with Crippen LogP contribution in [0.15, 0.2) is 42.6 Å². The van der Waals surface area contributed by atoms with Crippen LogP contribution in [-0.4, -0.2) is 55.6 Å². The van der Waals surface area contributed by atoms with E-state index in [1.807, 2.05) is 25.3 Å². The predicted molar refractivity (Wildman–Crippen MR) is 105 cm³/mol. The van der Waals surface area contributed by atoms with Crippen molar-refractivity contribution >= 4 is 0 Å².